The van der Waals surface area contributed by atoms with Gasteiger partial charge in [0.15, 0.2) is 0 Å². The van der Waals surface area contributed by atoms with Crippen molar-refractivity contribution in [2.24, 2.45) is 16.0 Å². The second-order valence-corrected chi connectivity index (χ2v) is 9.73. The van der Waals surface area contributed by atoms with Crippen LogP contribution in [0, 0.1) is 6.92 Å². The van der Waals surface area contributed by atoms with Crippen LogP contribution < -0.4 is 10.5 Å². The van der Waals surface area contributed by atoms with Gasteiger partial charge >= 0.3 is 0 Å². The van der Waals surface area contributed by atoms with Crippen LogP contribution in [0.1, 0.15) is 29.5 Å². The zero-order chi connectivity index (χ0) is 21.6. The lowest BCUT2D eigenvalue weighted by molar-refractivity contribution is 0.141. The summed E-state index contributed by atoms with van der Waals surface area (Å²) in [5.41, 5.74) is 7.94. The van der Waals surface area contributed by atoms with Crippen LogP contribution in [0.2, 0.25) is 0 Å². The number of azo groups is 1. The van der Waals surface area contributed by atoms with Gasteiger partial charge < -0.3 is 10.8 Å². The Hall–Kier alpha value is -2.24. The van der Waals surface area contributed by atoms with E-state index in [0.29, 0.717) is 24.4 Å². The molecule has 160 valence electrons. The minimum Gasteiger partial charge on any atom is -0.384 e. The molecule has 2 atom stereocenters. The van der Waals surface area contributed by atoms with E-state index in [2.05, 4.69) is 19.9 Å². The van der Waals surface area contributed by atoms with Crippen LogP contribution in [0.25, 0.3) is 10.2 Å². The van der Waals surface area contributed by atoms with E-state index in [1.165, 1.54) is 11.3 Å². The monoisotopic (exact) mass is 447 g/mol. The van der Waals surface area contributed by atoms with Gasteiger partial charge in [-0.1, -0.05) is 29.8 Å². The fourth-order valence-corrected chi connectivity index (χ4v) is 4.71. The molecule has 0 aliphatic rings. The van der Waals surface area contributed by atoms with Crippen LogP contribution in [0.4, 0.5) is 0 Å². The highest BCUT2D eigenvalue weighted by Crippen LogP contribution is 2.28. The molecule has 0 fully saturated rings. The molecule has 4 N–H and O–H groups in total. The van der Waals surface area contributed by atoms with E-state index in [9.17, 15) is 13.5 Å². The van der Waals surface area contributed by atoms with E-state index in [1.54, 1.807) is 24.3 Å². The summed E-state index contributed by atoms with van der Waals surface area (Å²) >= 11 is 1.44. The van der Waals surface area contributed by atoms with E-state index < -0.39 is 22.2 Å². The average molecular weight is 448 g/mol. The SMILES string of the molecule is Cc1ccc(S(=O)(=O)NCN=NCCC[C@H](N)C(O)c2nc3ccccc3s2)cc1. The number of hydrogen-bond donors (Lipinski definition) is 3. The van der Waals surface area contributed by atoms with Gasteiger partial charge in [-0.25, -0.2) is 13.4 Å². The molecular weight excluding hydrogens is 422 g/mol. The fraction of sp³-hybridized carbons (Fsp3) is 0.350. The van der Waals surface area contributed by atoms with E-state index in [-0.39, 0.29) is 11.6 Å². The van der Waals surface area contributed by atoms with Crippen molar-refractivity contribution in [2.45, 2.75) is 36.8 Å². The van der Waals surface area contributed by atoms with Crippen molar-refractivity contribution < 1.29 is 13.5 Å². The molecule has 1 unspecified atom stereocenters. The zero-order valence-corrected chi connectivity index (χ0v) is 18.2. The highest BCUT2D eigenvalue weighted by Gasteiger charge is 2.20. The number of hydrogen-bond acceptors (Lipinski definition) is 8. The smallest absolute Gasteiger partial charge is 0.242 e. The van der Waals surface area contributed by atoms with Crippen LogP contribution >= 0.6 is 11.3 Å². The molecule has 0 bridgehead atoms. The summed E-state index contributed by atoms with van der Waals surface area (Å²) in [5, 5.41) is 18.9. The Bertz CT molecular complexity index is 1060. The standard InChI is InChI=1S/C20H25N5O3S2/c1-14-8-10-15(11-9-14)30(27,28)24-13-23-22-12-4-5-16(21)19(26)20-25-17-6-2-3-7-18(17)29-20/h2-3,6-11,16,19,24,26H,4-5,12-13,21H2,1H3/t16-,19?/m0/s1. The molecule has 0 saturated heterocycles. The number of sulfonamides is 1. The molecule has 0 aliphatic heterocycles. The van der Waals surface area contributed by atoms with Crippen molar-refractivity contribution in [2.75, 3.05) is 13.2 Å². The lowest BCUT2D eigenvalue weighted by atomic mass is 10.1. The van der Waals surface area contributed by atoms with Crippen molar-refractivity contribution in [3.05, 3.63) is 59.1 Å². The number of para-hydroxylation sites is 1. The summed E-state index contributed by atoms with van der Waals surface area (Å²) in [4.78, 5) is 4.63. The number of aliphatic hydroxyl groups excluding tert-OH is 1. The first-order valence-electron chi connectivity index (χ1n) is 9.55. The van der Waals surface area contributed by atoms with Crippen molar-refractivity contribution in [1.29, 1.82) is 0 Å². The number of nitrogens with one attached hydrogen (secondary N) is 1. The number of benzene rings is 2. The number of aromatic nitrogens is 1. The minimum atomic E-state index is -3.60. The molecule has 0 aliphatic carbocycles. The third-order valence-electron chi connectivity index (χ3n) is 4.52. The molecule has 3 aromatic rings. The molecule has 2 aromatic carbocycles. The Morgan fingerprint density at radius 2 is 1.90 bits per heavy atom. The Morgan fingerprint density at radius 3 is 2.63 bits per heavy atom. The number of aryl methyl sites for hydroxylation is 1. The summed E-state index contributed by atoms with van der Waals surface area (Å²) in [7, 11) is -3.60. The molecule has 3 rings (SSSR count). The Labute approximate surface area is 179 Å². The second kappa shape index (κ2) is 10.2. The minimum absolute atomic E-state index is 0.128. The third kappa shape index (κ3) is 5.89. The van der Waals surface area contributed by atoms with Crippen LogP contribution in [0.3, 0.4) is 0 Å². The number of nitrogens with two attached hydrogens (primary N) is 1. The number of aliphatic hydroxyl groups is 1. The maximum atomic E-state index is 12.1. The van der Waals surface area contributed by atoms with Gasteiger partial charge in [0.05, 0.1) is 21.7 Å². The molecule has 0 amide bonds. The Kier molecular flexibility index (Phi) is 7.62. The van der Waals surface area contributed by atoms with Crippen molar-refractivity contribution in [1.82, 2.24) is 9.71 Å². The molecule has 10 heteroatoms. The van der Waals surface area contributed by atoms with E-state index >= 15 is 0 Å². The molecule has 1 aromatic heterocycles. The van der Waals surface area contributed by atoms with Crippen LogP contribution in [-0.2, 0) is 10.0 Å². The van der Waals surface area contributed by atoms with Gasteiger partial charge in [-0.15, -0.1) is 11.3 Å². The van der Waals surface area contributed by atoms with E-state index in [1.807, 2.05) is 31.2 Å². The first-order valence-corrected chi connectivity index (χ1v) is 11.9. The highest BCUT2D eigenvalue weighted by molar-refractivity contribution is 7.89. The van der Waals surface area contributed by atoms with Crippen molar-refractivity contribution in [3.8, 4) is 0 Å². The number of rotatable bonds is 10. The fourth-order valence-electron chi connectivity index (χ4n) is 2.79. The molecule has 8 nitrogen and oxygen atoms in total. The second-order valence-electron chi connectivity index (χ2n) is 6.90. The van der Waals surface area contributed by atoms with Crippen molar-refractivity contribution in [3.63, 3.8) is 0 Å². The molecular formula is C20H25N5O3S2. The van der Waals surface area contributed by atoms with Gasteiger partial charge in [-0.05, 0) is 44.0 Å². The summed E-state index contributed by atoms with van der Waals surface area (Å²) in [6.45, 7) is 2.16. The molecule has 30 heavy (non-hydrogen) atoms. The van der Waals surface area contributed by atoms with Crippen molar-refractivity contribution >= 4 is 31.6 Å². The van der Waals surface area contributed by atoms with Gasteiger partial charge in [-0.3, -0.25) is 0 Å². The number of fused-ring (bicyclic) bond motifs is 1. The van der Waals surface area contributed by atoms with Crippen LogP contribution in [0.5, 0.6) is 0 Å². The summed E-state index contributed by atoms with van der Waals surface area (Å²) in [6, 6.07) is 13.8. The lowest BCUT2D eigenvalue weighted by Gasteiger charge is -2.15. The first kappa shape index (κ1) is 22.4. The quantitative estimate of drug-likeness (QED) is 0.325. The predicted molar refractivity (Wildman–Crippen MR) is 118 cm³/mol. The average Bonchev–Trinajstić information content (AvgIpc) is 3.17. The Balaban J connectivity index is 1.39. The zero-order valence-electron chi connectivity index (χ0n) is 16.6. The highest BCUT2D eigenvalue weighted by atomic mass is 32.2. The topological polar surface area (TPSA) is 130 Å². The van der Waals surface area contributed by atoms with Gasteiger partial charge in [0.25, 0.3) is 0 Å². The largest absolute Gasteiger partial charge is 0.384 e. The Morgan fingerprint density at radius 1 is 1.17 bits per heavy atom. The van der Waals surface area contributed by atoms with Gasteiger partial charge in [0, 0.05) is 6.04 Å². The molecule has 1 heterocycles. The number of nitrogens with zero attached hydrogens (tertiary/aromatic N) is 3. The van der Waals surface area contributed by atoms with E-state index in [4.69, 9.17) is 5.73 Å². The van der Waals surface area contributed by atoms with Gasteiger partial charge in [0.2, 0.25) is 10.0 Å². The molecule has 0 saturated carbocycles. The normalized spacial score (nSPS) is 14.4. The summed E-state index contributed by atoms with van der Waals surface area (Å²) in [5.74, 6) is 0. The summed E-state index contributed by atoms with van der Waals surface area (Å²) < 4.78 is 27.7. The third-order valence-corrected chi connectivity index (χ3v) is 7.03. The number of thiazole rings is 1. The molecule has 0 radical (unpaired) electrons. The van der Waals surface area contributed by atoms with Crippen LogP contribution in [-0.4, -0.2) is 37.8 Å². The maximum Gasteiger partial charge on any atom is 0.242 e. The lowest BCUT2D eigenvalue weighted by Crippen LogP contribution is -2.28. The molecule has 0 spiro atoms. The van der Waals surface area contributed by atoms with Gasteiger partial charge in [0.1, 0.15) is 17.8 Å². The maximum absolute atomic E-state index is 12.1. The van der Waals surface area contributed by atoms with Crippen LogP contribution in [0.15, 0.2) is 63.7 Å². The van der Waals surface area contributed by atoms with Gasteiger partial charge in [-0.2, -0.15) is 15.0 Å². The van der Waals surface area contributed by atoms with E-state index in [0.717, 1.165) is 15.8 Å². The summed E-state index contributed by atoms with van der Waals surface area (Å²) in [6.07, 6.45) is 0.336. The predicted octanol–water partition coefficient (Wildman–Crippen LogP) is 3.13. The first-order chi connectivity index (χ1) is 14.4.